The molecule has 110 valence electrons. The molecule has 1 heterocycles. The molecule has 8 heteroatoms. The van der Waals surface area contributed by atoms with E-state index in [1.54, 1.807) is 12.1 Å². The number of hydrogen-bond acceptors (Lipinski definition) is 5. The second-order valence-corrected chi connectivity index (χ2v) is 6.69. The molecule has 2 atom stereocenters. The van der Waals surface area contributed by atoms with Gasteiger partial charge >= 0.3 is 0 Å². The van der Waals surface area contributed by atoms with E-state index < -0.39 is 28.1 Å². The van der Waals surface area contributed by atoms with Gasteiger partial charge < -0.3 is 5.11 Å². The first kappa shape index (κ1) is 14.9. The number of nitrogens with one attached hydrogen (secondary N) is 1. The number of aryl methyl sites for hydroxylation is 1. The number of amides is 1. The highest BCUT2D eigenvalue weighted by atomic mass is 32.2. The number of sulfonamides is 1. The molecule has 1 amide bonds. The number of nitrogens with zero attached hydrogens (tertiary/aromatic N) is 1. The van der Waals surface area contributed by atoms with Gasteiger partial charge in [-0.05, 0) is 19.1 Å². The van der Waals surface area contributed by atoms with E-state index in [1.807, 2.05) is 12.3 Å². The average molecular weight is 299 g/mol. The molecule has 20 heavy (non-hydrogen) atoms. The van der Waals surface area contributed by atoms with Crippen molar-refractivity contribution in [3.63, 3.8) is 0 Å². The van der Waals surface area contributed by atoms with Crippen LogP contribution < -0.4 is 11.3 Å². The summed E-state index contributed by atoms with van der Waals surface area (Å²) in [5, 5.41) is 9.64. The predicted molar refractivity (Wildman–Crippen MR) is 71.8 cm³/mol. The Hall–Kier alpha value is -1.48. The Balaban J connectivity index is 2.37. The van der Waals surface area contributed by atoms with Gasteiger partial charge in [-0.2, -0.15) is 4.31 Å². The molecule has 1 aliphatic rings. The van der Waals surface area contributed by atoms with Crippen molar-refractivity contribution in [1.82, 2.24) is 9.73 Å². The van der Waals surface area contributed by atoms with Crippen molar-refractivity contribution in [3.05, 3.63) is 29.8 Å². The maximum absolute atomic E-state index is 12.5. The third-order valence-corrected chi connectivity index (χ3v) is 5.20. The Labute approximate surface area is 117 Å². The molecule has 0 aliphatic carbocycles. The molecule has 4 N–H and O–H groups in total. The minimum absolute atomic E-state index is 0.0358. The first-order valence-electron chi connectivity index (χ1n) is 6.13. The number of rotatable bonds is 3. The maximum atomic E-state index is 12.5. The summed E-state index contributed by atoms with van der Waals surface area (Å²) in [4.78, 5) is 11.7. The van der Waals surface area contributed by atoms with Crippen LogP contribution in [0.15, 0.2) is 29.2 Å². The molecule has 0 saturated carbocycles. The van der Waals surface area contributed by atoms with Crippen LogP contribution in [0.1, 0.15) is 12.0 Å². The van der Waals surface area contributed by atoms with Crippen molar-refractivity contribution in [1.29, 1.82) is 0 Å². The van der Waals surface area contributed by atoms with Crippen molar-refractivity contribution in [2.75, 3.05) is 6.54 Å². The van der Waals surface area contributed by atoms with Crippen LogP contribution in [0.4, 0.5) is 0 Å². The lowest BCUT2D eigenvalue weighted by Gasteiger charge is -2.22. The first-order valence-corrected chi connectivity index (χ1v) is 7.57. The Bertz CT molecular complexity index is 600. The van der Waals surface area contributed by atoms with Crippen LogP contribution in [0.3, 0.4) is 0 Å². The Morgan fingerprint density at radius 1 is 1.40 bits per heavy atom. The highest BCUT2D eigenvalue weighted by Crippen LogP contribution is 2.26. The topological polar surface area (TPSA) is 113 Å². The second-order valence-electron chi connectivity index (χ2n) is 4.80. The number of aliphatic hydroxyl groups is 1. The number of aliphatic hydroxyl groups excluding tert-OH is 1. The van der Waals surface area contributed by atoms with Gasteiger partial charge in [-0.25, -0.2) is 14.3 Å². The highest BCUT2D eigenvalue weighted by Gasteiger charge is 2.43. The number of β-amino-alcohol motifs (C(OH)–C–C–N with tert-alkyl or cyclic N) is 1. The second kappa shape index (κ2) is 5.49. The summed E-state index contributed by atoms with van der Waals surface area (Å²) in [6.45, 7) is 1.73. The SMILES string of the molecule is Cc1ccc(S(=O)(=O)N2C[C@@H](O)C[C@H]2C(=O)NN)cc1. The monoisotopic (exact) mass is 299 g/mol. The molecule has 2 rings (SSSR count). The molecule has 0 radical (unpaired) electrons. The molecule has 1 aromatic carbocycles. The van der Waals surface area contributed by atoms with Crippen LogP contribution in [0.2, 0.25) is 0 Å². The fraction of sp³-hybridized carbons (Fsp3) is 0.417. The molecular weight excluding hydrogens is 282 g/mol. The minimum Gasteiger partial charge on any atom is -0.392 e. The zero-order valence-electron chi connectivity index (χ0n) is 11.0. The summed E-state index contributed by atoms with van der Waals surface area (Å²) in [6, 6.07) is 5.33. The van der Waals surface area contributed by atoms with Crippen LogP contribution >= 0.6 is 0 Å². The fourth-order valence-corrected chi connectivity index (χ4v) is 3.87. The van der Waals surface area contributed by atoms with Crippen molar-refractivity contribution < 1.29 is 18.3 Å². The Morgan fingerprint density at radius 3 is 2.55 bits per heavy atom. The molecule has 1 aromatic rings. The van der Waals surface area contributed by atoms with Crippen molar-refractivity contribution in [2.24, 2.45) is 5.84 Å². The van der Waals surface area contributed by atoms with Gasteiger partial charge in [0.2, 0.25) is 10.0 Å². The molecule has 1 saturated heterocycles. The first-order chi connectivity index (χ1) is 9.36. The van der Waals surface area contributed by atoms with Crippen molar-refractivity contribution in [3.8, 4) is 0 Å². The quantitative estimate of drug-likeness (QED) is 0.381. The molecule has 0 unspecified atom stereocenters. The highest BCUT2D eigenvalue weighted by molar-refractivity contribution is 7.89. The Morgan fingerprint density at radius 2 is 2.00 bits per heavy atom. The molecule has 0 spiro atoms. The van der Waals surface area contributed by atoms with Gasteiger partial charge in [0.1, 0.15) is 6.04 Å². The van der Waals surface area contributed by atoms with Gasteiger partial charge in [0.15, 0.2) is 0 Å². The molecule has 0 aromatic heterocycles. The van der Waals surface area contributed by atoms with Crippen LogP contribution in [0.25, 0.3) is 0 Å². The van der Waals surface area contributed by atoms with E-state index in [-0.39, 0.29) is 17.9 Å². The van der Waals surface area contributed by atoms with Gasteiger partial charge in [0.05, 0.1) is 11.0 Å². The molecule has 7 nitrogen and oxygen atoms in total. The van der Waals surface area contributed by atoms with Gasteiger partial charge in [-0.3, -0.25) is 10.2 Å². The van der Waals surface area contributed by atoms with Crippen LogP contribution in [0, 0.1) is 6.92 Å². The summed E-state index contributed by atoms with van der Waals surface area (Å²) in [6.07, 6.45) is -0.841. The van der Waals surface area contributed by atoms with Crippen LogP contribution in [0.5, 0.6) is 0 Å². The molecule has 1 fully saturated rings. The number of carbonyl (C=O) groups is 1. The summed E-state index contributed by atoms with van der Waals surface area (Å²) < 4.78 is 26.0. The maximum Gasteiger partial charge on any atom is 0.252 e. The van der Waals surface area contributed by atoms with Gasteiger partial charge in [-0.1, -0.05) is 17.7 Å². The van der Waals surface area contributed by atoms with E-state index in [9.17, 15) is 18.3 Å². The summed E-state index contributed by atoms with van der Waals surface area (Å²) in [7, 11) is -3.84. The number of carbonyl (C=O) groups excluding carboxylic acids is 1. The van der Waals surface area contributed by atoms with E-state index in [2.05, 4.69) is 0 Å². The van der Waals surface area contributed by atoms with E-state index in [1.165, 1.54) is 12.1 Å². The van der Waals surface area contributed by atoms with E-state index in [0.29, 0.717) is 0 Å². The van der Waals surface area contributed by atoms with E-state index in [0.717, 1.165) is 9.87 Å². The third-order valence-electron chi connectivity index (χ3n) is 3.31. The Kier molecular flexibility index (Phi) is 4.09. The number of hydrazine groups is 1. The third kappa shape index (κ3) is 2.68. The lowest BCUT2D eigenvalue weighted by molar-refractivity contribution is -0.124. The molecule has 0 bridgehead atoms. The van der Waals surface area contributed by atoms with Crippen LogP contribution in [-0.2, 0) is 14.8 Å². The van der Waals surface area contributed by atoms with Gasteiger partial charge in [-0.15, -0.1) is 0 Å². The number of nitrogens with two attached hydrogens (primary N) is 1. The summed E-state index contributed by atoms with van der Waals surface area (Å²) in [5.41, 5.74) is 2.87. The number of benzene rings is 1. The normalized spacial score (nSPS) is 23.8. The van der Waals surface area contributed by atoms with Crippen molar-refractivity contribution >= 4 is 15.9 Å². The summed E-state index contributed by atoms with van der Waals surface area (Å²) >= 11 is 0. The van der Waals surface area contributed by atoms with Gasteiger partial charge in [0.25, 0.3) is 5.91 Å². The van der Waals surface area contributed by atoms with Crippen molar-refractivity contribution in [2.45, 2.75) is 30.4 Å². The largest absolute Gasteiger partial charge is 0.392 e. The zero-order valence-corrected chi connectivity index (χ0v) is 11.8. The average Bonchev–Trinajstić information content (AvgIpc) is 2.81. The van der Waals surface area contributed by atoms with E-state index in [4.69, 9.17) is 5.84 Å². The molecule has 1 aliphatic heterocycles. The smallest absolute Gasteiger partial charge is 0.252 e. The summed E-state index contributed by atoms with van der Waals surface area (Å²) in [5.74, 6) is 4.43. The minimum atomic E-state index is -3.84. The lowest BCUT2D eigenvalue weighted by Crippen LogP contribution is -2.47. The number of hydrogen-bond donors (Lipinski definition) is 3. The lowest BCUT2D eigenvalue weighted by atomic mass is 10.2. The zero-order chi connectivity index (χ0) is 14.9. The fourth-order valence-electron chi connectivity index (χ4n) is 2.23. The van der Waals surface area contributed by atoms with Crippen LogP contribution in [-0.4, -0.2) is 42.4 Å². The molecular formula is C12H17N3O4S. The predicted octanol–water partition coefficient (Wildman–Crippen LogP) is -0.891. The standard InChI is InChI=1S/C12H17N3O4S/c1-8-2-4-10(5-3-8)20(18,19)15-7-9(16)6-11(15)12(17)14-13/h2-5,9,11,16H,6-7,13H2,1H3,(H,14,17)/t9-,11-/m0/s1. The van der Waals surface area contributed by atoms with E-state index >= 15 is 0 Å². The van der Waals surface area contributed by atoms with Gasteiger partial charge in [0, 0.05) is 13.0 Å².